The number of rotatable bonds is 6. The van der Waals surface area contributed by atoms with Gasteiger partial charge in [0.2, 0.25) is 0 Å². The average molecular weight is 301 g/mol. The van der Waals surface area contributed by atoms with E-state index in [9.17, 15) is 9.59 Å². The van der Waals surface area contributed by atoms with Crippen molar-refractivity contribution in [3.8, 4) is 0 Å². The molecule has 6 nitrogen and oxygen atoms in total. The lowest BCUT2D eigenvalue weighted by molar-refractivity contribution is -0.138. The molecule has 0 spiro atoms. The zero-order valence-electron chi connectivity index (χ0n) is 12.6. The topological polar surface area (TPSA) is 84.2 Å². The summed E-state index contributed by atoms with van der Waals surface area (Å²) in [5, 5.41) is 16.0. The van der Waals surface area contributed by atoms with Crippen molar-refractivity contribution < 1.29 is 14.7 Å². The molecule has 1 amide bonds. The number of benzene rings is 1. The van der Waals surface area contributed by atoms with E-state index in [0.717, 1.165) is 6.42 Å². The summed E-state index contributed by atoms with van der Waals surface area (Å²) in [6, 6.07) is 8.53. The van der Waals surface area contributed by atoms with Crippen molar-refractivity contribution in [2.24, 2.45) is 0 Å². The van der Waals surface area contributed by atoms with Crippen molar-refractivity contribution in [3.05, 3.63) is 47.8 Å². The number of aromatic nitrogens is 2. The van der Waals surface area contributed by atoms with Gasteiger partial charge >= 0.3 is 5.97 Å². The van der Waals surface area contributed by atoms with Gasteiger partial charge in [-0.05, 0) is 37.1 Å². The van der Waals surface area contributed by atoms with E-state index in [2.05, 4.69) is 10.4 Å². The van der Waals surface area contributed by atoms with E-state index in [-0.39, 0.29) is 5.91 Å². The highest BCUT2D eigenvalue weighted by atomic mass is 16.4. The van der Waals surface area contributed by atoms with Crippen LogP contribution in [0.25, 0.3) is 0 Å². The molecule has 0 radical (unpaired) electrons. The van der Waals surface area contributed by atoms with Crippen LogP contribution >= 0.6 is 0 Å². The summed E-state index contributed by atoms with van der Waals surface area (Å²) in [5.41, 5.74) is 1.70. The molecule has 0 bridgehead atoms. The standard InChI is InChI=1S/C16H19N3O3/c1-3-9-19-14(7-8-17-19)15(20)18-13-6-4-5-12(10-13)11(2)16(21)22/h4-8,10-11H,3,9H2,1-2H3,(H,18,20)(H,21,22). The molecule has 2 rings (SSSR count). The van der Waals surface area contributed by atoms with Crippen LogP contribution in [0.4, 0.5) is 5.69 Å². The molecule has 1 unspecified atom stereocenters. The van der Waals surface area contributed by atoms with Crippen molar-refractivity contribution >= 4 is 17.6 Å². The Kier molecular flexibility index (Phi) is 4.93. The highest BCUT2D eigenvalue weighted by molar-refractivity contribution is 6.03. The van der Waals surface area contributed by atoms with Gasteiger partial charge in [-0.3, -0.25) is 14.3 Å². The summed E-state index contributed by atoms with van der Waals surface area (Å²) in [4.78, 5) is 23.3. The number of anilines is 1. The molecular formula is C16H19N3O3. The Hall–Kier alpha value is -2.63. The maximum absolute atomic E-state index is 12.3. The first-order chi connectivity index (χ1) is 10.5. The van der Waals surface area contributed by atoms with Crippen molar-refractivity contribution in [2.75, 3.05) is 5.32 Å². The lowest BCUT2D eigenvalue weighted by atomic mass is 10.0. The number of hydrogen-bond donors (Lipinski definition) is 2. The SMILES string of the molecule is CCCn1nccc1C(=O)Nc1cccc(C(C)C(=O)O)c1. The third-order valence-corrected chi connectivity index (χ3v) is 3.40. The van der Waals surface area contributed by atoms with Crippen molar-refractivity contribution in [3.63, 3.8) is 0 Å². The quantitative estimate of drug-likeness (QED) is 0.859. The lowest BCUT2D eigenvalue weighted by Gasteiger charge is -2.11. The number of nitrogens with one attached hydrogen (secondary N) is 1. The van der Waals surface area contributed by atoms with Gasteiger partial charge in [0.1, 0.15) is 5.69 Å². The summed E-state index contributed by atoms with van der Waals surface area (Å²) >= 11 is 0. The number of hydrogen-bond acceptors (Lipinski definition) is 3. The molecule has 0 saturated carbocycles. The average Bonchev–Trinajstić information content (AvgIpc) is 2.95. The second-order valence-electron chi connectivity index (χ2n) is 5.08. The molecule has 6 heteroatoms. The van der Waals surface area contributed by atoms with Crippen LogP contribution in [0.2, 0.25) is 0 Å². The summed E-state index contributed by atoms with van der Waals surface area (Å²) < 4.78 is 1.65. The number of carboxylic acids is 1. The van der Waals surface area contributed by atoms with E-state index in [1.54, 1.807) is 48.1 Å². The van der Waals surface area contributed by atoms with Crippen LogP contribution in [-0.2, 0) is 11.3 Å². The van der Waals surface area contributed by atoms with E-state index in [1.165, 1.54) is 0 Å². The van der Waals surface area contributed by atoms with Gasteiger partial charge in [-0.15, -0.1) is 0 Å². The summed E-state index contributed by atoms with van der Waals surface area (Å²) in [7, 11) is 0. The Labute approximate surface area is 128 Å². The highest BCUT2D eigenvalue weighted by Crippen LogP contribution is 2.20. The van der Waals surface area contributed by atoms with Gasteiger partial charge < -0.3 is 10.4 Å². The van der Waals surface area contributed by atoms with Crippen molar-refractivity contribution in [1.82, 2.24) is 9.78 Å². The third-order valence-electron chi connectivity index (χ3n) is 3.40. The number of amides is 1. The molecule has 2 N–H and O–H groups in total. The minimum atomic E-state index is -0.899. The summed E-state index contributed by atoms with van der Waals surface area (Å²) in [5.74, 6) is -1.78. The fraction of sp³-hybridized carbons (Fsp3) is 0.312. The van der Waals surface area contributed by atoms with Gasteiger partial charge in [-0.25, -0.2) is 0 Å². The molecule has 2 aromatic rings. The molecule has 22 heavy (non-hydrogen) atoms. The molecule has 1 aromatic carbocycles. The molecule has 116 valence electrons. The predicted molar refractivity (Wildman–Crippen MR) is 83.0 cm³/mol. The minimum absolute atomic E-state index is 0.258. The fourth-order valence-corrected chi connectivity index (χ4v) is 2.14. The number of nitrogens with zero attached hydrogens (tertiary/aromatic N) is 2. The first kappa shape index (κ1) is 15.8. The van der Waals surface area contributed by atoms with Crippen LogP contribution in [0.15, 0.2) is 36.5 Å². The van der Waals surface area contributed by atoms with Crippen LogP contribution in [0, 0.1) is 0 Å². The van der Waals surface area contributed by atoms with Gasteiger partial charge in [-0.2, -0.15) is 5.10 Å². The van der Waals surface area contributed by atoms with Crippen LogP contribution in [0.5, 0.6) is 0 Å². The Morgan fingerprint density at radius 1 is 1.36 bits per heavy atom. The first-order valence-corrected chi connectivity index (χ1v) is 7.19. The monoisotopic (exact) mass is 301 g/mol. The van der Waals surface area contributed by atoms with Crippen LogP contribution < -0.4 is 5.32 Å². The van der Waals surface area contributed by atoms with Crippen molar-refractivity contribution in [1.29, 1.82) is 0 Å². The Morgan fingerprint density at radius 2 is 2.14 bits per heavy atom. The minimum Gasteiger partial charge on any atom is -0.481 e. The predicted octanol–water partition coefficient (Wildman–Crippen LogP) is 2.73. The maximum Gasteiger partial charge on any atom is 0.310 e. The molecule has 0 fully saturated rings. The number of carbonyl (C=O) groups is 2. The zero-order chi connectivity index (χ0) is 16.1. The largest absolute Gasteiger partial charge is 0.481 e. The van der Waals surface area contributed by atoms with Crippen LogP contribution in [-0.4, -0.2) is 26.8 Å². The van der Waals surface area contributed by atoms with Gasteiger partial charge in [0.05, 0.1) is 5.92 Å². The molecular weight excluding hydrogens is 282 g/mol. The first-order valence-electron chi connectivity index (χ1n) is 7.19. The maximum atomic E-state index is 12.3. The smallest absolute Gasteiger partial charge is 0.310 e. The second-order valence-corrected chi connectivity index (χ2v) is 5.08. The van der Waals surface area contributed by atoms with Gasteiger partial charge in [-0.1, -0.05) is 19.1 Å². The molecule has 0 saturated heterocycles. The Morgan fingerprint density at radius 3 is 2.82 bits per heavy atom. The van der Waals surface area contributed by atoms with E-state index >= 15 is 0 Å². The molecule has 0 aliphatic carbocycles. The van der Waals surface area contributed by atoms with Crippen LogP contribution in [0.1, 0.15) is 42.2 Å². The summed E-state index contributed by atoms with van der Waals surface area (Å²) in [6.07, 6.45) is 2.47. The number of carbonyl (C=O) groups excluding carboxylic acids is 1. The van der Waals surface area contributed by atoms with E-state index in [0.29, 0.717) is 23.5 Å². The van der Waals surface area contributed by atoms with Crippen molar-refractivity contribution in [2.45, 2.75) is 32.7 Å². The zero-order valence-corrected chi connectivity index (χ0v) is 12.6. The molecule has 1 aromatic heterocycles. The van der Waals surface area contributed by atoms with Crippen LogP contribution in [0.3, 0.4) is 0 Å². The molecule has 0 aliphatic rings. The van der Waals surface area contributed by atoms with Gasteiger partial charge in [0.25, 0.3) is 5.91 Å². The fourth-order valence-electron chi connectivity index (χ4n) is 2.14. The molecule has 1 atom stereocenters. The highest BCUT2D eigenvalue weighted by Gasteiger charge is 2.15. The Bertz CT molecular complexity index is 679. The number of aryl methyl sites for hydroxylation is 1. The molecule has 0 aliphatic heterocycles. The van der Waals surface area contributed by atoms with E-state index in [4.69, 9.17) is 5.11 Å². The normalized spacial score (nSPS) is 11.9. The lowest BCUT2D eigenvalue weighted by Crippen LogP contribution is -2.18. The Balaban J connectivity index is 2.16. The third kappa shape index (κ3) is 3.52. The number of aliphatic carboxylic acids is 1. The second kappa shape index (κ2) is 6.89. The summed E-state index contributed by atoms with van der Waals surface area (Å²) in [6.45, 7) is 4.30. The van der Waals surface area contributed by atoms with Gasteiger partial charge in [0.15, 0.2) is 0 Å². The van der Waals surface area contributed by atoms with E-state index in [1.807, 2.05) is 6.92 Å². The van der Waals surface area contributed by atoms with Gasteiger partial charge in [0, 0.05) is 18.4 Å². The van der Waals surface area contributed by atoms with E-state index < -0.39 is 11.9 Å². The molecule has 1 heterocycles. The number of carboxylic acid groups (broad SMARTS) is 1.